The zero-order valence-electron chi connectivity index (χ0n) is 21.2. The van der Waals surface area contributed by atoms with Crippen LogP contribution in [0, 0.1) is 13.8 Å². The molecule has 1 aliphatic rings. The van der Waals surface area contributed by atoms with Crippen LogP contribution in [0.4, 0.5) is 11.4 Å². The van der Waals surface area contributed by atoms with Gasteiger partial charge in [0.1, 0.15) is 24.1 Å². The average Bonchev–Trinajstić information content (AvgIpc) is 2.85. The van der Waals surface area contributed by atoms with E-state index in [1.807, 2.05) is 56.3 Å². The smallest absolute Gasteiger partial charge is 0.255 e. The maximum atomic E-state index is 14.2. The van der Waals surface area contributed by atoms with E-state index in [2.05, 4.69) is 13.8 Å². The lowest BCUT2D eigenvalue weighted by Crippen LogP contribution is -2.56. The number of aryl methyl sites for hydroxylation is 2. The number of benzene rings is 3. The molecule has 1 fully saturated rings. The van der Waals surface area contributed by atoms with Crippen LogP contribution in [-0.4, -0.2) is 32.6 Å². The van der Waals surface area contributed by atoms with Crippen LogP contribution in [0.1, 0.15) is 48.1 Å². The van der Waals surface area contributed by atoms with Gasteiger partial charge >= 0.3 is 0 Å². The second kappa shape index (κ2) is 9.82. The summed E-state index contributed by atoms with van der Waals surface area (Å²) in [5.74, 6) is 1.07. The fraction of sp³-hybridized carbons (Fsp3) is 0.310. The Hall–Kier alpha value is -3.80. The summed E-state index contributed by atoms with van der Waals surface area (Å²) in [4.78, 5) is 31.0. The van der Waals surface area contributed by atoms with Gasteiger partial charge < -0.3 is 9.47 Å². The molecule has 6 heteroatoms. The number of amides is 2. The van der Waals surface area contributed by atoms with E-state index in [0.29, 0.717) is 23.1 Å². The van der Waals surface area contributed by atoms with E-state index in [4.69, 9.17) is 9.47 Å². The average molecular weight is 473 g/mol. The number of carbonyl (C=O) groups excluding carboxylic acids is 2. The molecule has 4 rings (SSSR count). The third kappa shape index (κ3) is 4.61. The van der Waals surface area contributed by atoms with Crippen LogP contribution in [0.3, 0.4) is 0 Å². The van der Waals surface area contributed by atoms with Gasteiger partial charge in [-0.05, 0) is 54.7 Å². The molecular formula is C29H32N2O4. The Balaban J connectivity index is 1.86. The summed E-state index contributed by atoms with van der Waals surface area (Å²) >= 11 is 0. The Morgan fingerprint density at radius 3 is 2.17 bits per heavy atom. The molecule has 0 spiro atoms. The van der Waals surface area contributed by atoms with Crippen LogP contribution >= 0.6 is 0 Å². The van der Waals surface area contributed by atoms with Crippen molar-refractivity contribution in [2.75, 3.05) is 30.6 Å². The van der Waals surface area contributed by atoms with Crippen LogP contribution < -0.4 is 19.3 Å². The maximum absolute atomic E-state index is 14.2. The van der Waals surface area contributed by atoms with Crippen molar-refractivity contribution in [2.45, 2.75) is 39.7 Å². The SMILES string of the molecule is COc1ccc(OC)c(N2CC(=O)N(c3ccc(C)cc3C)C(c3ccc(C(C)C)cc3)C2=O)c1. The molecule has 6 nitrogen and oxygen atoms in total. The van der Waals surface area contributed by atoms with E-state index < -0.39 is 6.04 Å². The van der Waals surface area contributed by atoms with Crippen molar-refractivity contribution in [2.24, 2.45) is 0 Å². The van der Waals surface area contributed by atoms with Gasteiger partial charge in [-0.3, -0.25) is 19.4 Å². The summed E-state index contributed by atoms with van der Waals surface area (Å²) in [5, 5.41) is 0. The van der Waals surface area contributed by atoms with Gasteiger partial charge in [0.2, 0.25) is 5.91 Å². The van der Waals surface area contributed by atoms with Gasteiger partial charge in [0.25, 0.3) is 5.91 Å². The van der Waals surface area contributed by atoms with Crippen molar-refractivity contribution < 1.29 is 19.1 Å². The third-order valence-electron chi connectivity index (χ3n) is 6.53. The normalized spacial score (nSPS) is 16.1. The Labute approximate surface area is 207 Å². The van der Waals surface area contributed by atoms with Gasteiger partial charge in [0, 0.05) is 11.8 Å². The number of carbonyl (C=O) groups is 2. The Bertz CT molecular complexity index is 1250. The molecule has 1 unspecified atom stereocenters. The second-order valence-corrected chi connectivity index (χ2v) is 9.24. The highest BCUT2D eigenvalue weighted by Crippen LogP contribution is 2.40. The number of rotatable bonds is 6. The highest BCUT2D eigenvalue weighted by molar-refractivity contribution is 6.15. The fourth-order valence-electron chi connectivity index (χ4n) is 4.61. The number of hydrogen-bond donors (Lipinski definition) is 0. The molecule has 182 valence electrons. The largest absolute Gasteiger partial charge is 0.497 e. The van der Waals surface area contributed by atoms with Crippen molar-refractivity contribution in [1.29, 1.82) is 0 Å². The monoisotopic (exact) mass is 472 g/mol. The van der Waals surface area contributed by atoms with E-state index in [-0.39, 0.29) is 18.4 Å². The quantitative estimate of drug-likeness (QED) is 0.471. The molecule has 1 saturated heterocycles. The minimum absolute atomic E-state index is 0.101. The van der Waals surface area contributed by atoms with E-state index >= 15 is 0 Å². The molecule has 3 aromatic carbocycles. The van der Waals surface area contributed by atoms with Crippen molar-refractivity contribution in [1.82, 2.24) is 0 Å². The first kappa shape index (κ1) is 24.3. The number of methoxy groups -OCH3 is 2. The summed E-state index contributed by atoms with van der Waals surface area (Å²) in [5.41, 5.74) is 5.23. The number of hydrogen-bond acceptors (Lipinski definition) is 4. The van der Waals surface area contributed by atoms with Crippen molar-refractivity contribution in [3.05, 3.63) is 82.9 Å². The lowest BCUT2D eigenvalue weighted by atomic mass is 9.95. The number of piperazine rings is 1. The zero-order valence-corrected chi connectivity index (χ0v) is 21.2. The lowest BCUT2D eigenvalue weighted by Gasteiger charge is -2.41. The Morgan fingerprint density at radius 2 is 1.57 bits per heavy atom. The minimum Gasteiger partial charge on any atom is -0.497 e. The second-order valence-electron chi connectivity index (χ2n) is 9.24. The zero-order chi connectivity index (χ0) is 25.3. The summed E-state index contributed by atoms with van der Waals surface area (Å²) in [6, 6.07) is 18.3. The summed E-state index contributed by atoms with van der Waals surface area (Å²) in [6.07, 6.45) is 0. The van der Waals surface area contributed by atoms with Gasteiger partial charge in [-0.2, -0.15) is 0 Å². The van der Waals surface area contributed by atoms with Gasteiger partial charge in [0.05, 0.1) is 19.9 Å². The van der Waals surface area contributed by atoms with Crippen molar-refractivity contribution in [3.63, 3.8) is 0 Å². The fourth-order valence-corrected chi connectivity index (χ4v) is 4.61. The highest BCUT2D eigenvalue weighted by Gasteiger charge is 2.43. The first-order valence-electron chi connectivity index (χ1n) is 11.8. The molecule has 0 bridgehead atoms. The number of nitrogens with zero attached hydrogens (tertiary/aromatic N) is 2. The van der Waals surface area contributed by atoms with Crippen LogP contribution in [0.5, 0.6) is 11.5 Å². The van der Waals surface area contributed by atoms with Gasteiger partial charge in [0.15, 0.2) is 0 Å². The molecule has 2 amide bonds. The molecule has 0 N–H and O–H groups in total. The van der Waals surface area contributed by atoms with Gasteiger partial charge in [-0.1, -0.05) is 55.8 Å². The molecule has 3 aromatic rings. The molecule has 0 saturated carbocycles. The van der Waals surface area contributed by atoms with Gasteiger partial charge in [-0.25, -0.2) is 0 Å². The molecule has 0 aromatic heterocycles. The summed E-state index contributed by atoms with van der Waals surface area (Å²) in [7, 11) is 3.11. The molecule has 35 heavy (non-hydrogen) atoms. The topological polar surface area (TPSA) is 59.1 Å². The van der Waals surface area contributed by atoms with Crippen LogP contribution in [0.25, 0.3) is 0 Å². The molecule has 1 heterocycles. The summed E-state index contributed by atoms with van der Waals surface area (Å²) < 4.78 is 10.9. The maximum Gasteiger partial charge on any atom is 0.255 e. The van der Waals surface area contributed by atoms with E-state index in [1.54, 1.807) is 37.3 Å². The molecule has 1 aliphatic heterocycles. The first-order valence-corrected chi connectivity index (χ1v) is 11.8. The first-order chi connectivity index (χ1) is 16.7. The predicted molar refractivity (Wildman–Crippen MR) is 139 cm³/mol. The van der Waals surface area contributed by atoms with Crippen molar-refractivity contribution in [3.8, 4) is 11.5 Å². The Kier molecular flexibility index (Phi) is 6.83. The van der Waals surface area contributed by atoms with E-state index in [0.717, 1.165) is 22.4 Å². The lowest BCUT2D eigenvalue weighted by molar-refractivity contribution is -0.128. The molecular weight excluding hydrogens is 440 g/mol. The minimum atomic E-state index is -0.810. The van der Waals surface area contributed by atoms with Crippen LogP contribution in [0.15, 0.2) is 60.7 Å². The van der Waals surface area contributed by atoms with Crippen LogP contribution in [-0.2, 0) is 9.59 Å². The molecule has 0 radical (unpaired) electrons. The number of anilines is 2. The molecule has 1 atom stereocenters. The van der Waals surface area contributed by atoms with E-state index in [9.17, 15) is 9.59 Å². The van der Waals surface area contributed by atoms with Gasteiger partial charge in [-0.15, -0.1) is 0 Å². The molecule has 0 aliphatic carbocycles. The van der Waals surface area contributed by atoms with Crippen LogP contribution in [0.2, 0.25) is 0 Å². The predicted octanol–water partition coefficient (Wildman–Crippen LogP) is 5.57. The third-order valence-corrected chi connectivity index (χ3v) is 6.53. The Morgan fingerprint density at radius 1 is 0.857 bits per heavy atom. The standard InChI is InChI=1S/C29H32N2O4/c1-18(2)21-8-10-22(11-9-21)28-29(33)30(25-16-23(34-5)12-14-26(25)35-6)17-27(32)31(28)24-13-7-19(3)15-20(24)4/h7-16,18,28H,17H2,1-6H3. The van der Waals surface area contributed by atoms with Crippen molar-refractivity contribution >= 4 is 23.2 Å². The van der Waals surface area contributed by atoms with E-state index in [1.165, 1.54) is 10.5 Å². The number of ether oxygens (including phenoxy) is 2. The summed E-state index contributed by atoms with van der Waals surface area (Å²) in [6.45, 7) is 8.14. The highest BCUT2D eigenvalue weighted by atomic mass is 16.5.